The standard InChI is InChI=1S/C22H28BrN3O4S/c1-5-20(22(28)24-3)25(14-17-8-6-7-16(2)13-17)21(27)15-26(31(4,29)30)19-11-9-18(23)10-12-19/h6-13,20H,5,14-15H2,1-4H3,(H,24,28). The number of hydrogen-bond acceptors (Lipinski definition) is 4. The van der Waals surface area contributed by atoms with Gasteiger partial charge in [-0.15, -0.1) is 0 Å². The van der Waals surface area contributed by atoms with Crippen LogP contribution in [0.5, 0.6) is 0 Å². The van der Waals surface area contributed by atoms with E-state index in [2.05, 4.69) is 21.2 Å². The van der Waals surface area contributed by atoms with Gasteiger partial charge in [0, 0.05) is 18.1 Å². The number of nitrogens with zero attached hydrogens (tertiary/aromatic N) is 2. The molecule has 0 aliphatic rings. The van der Waals surface area contributed by atoms with E-state index in [9.17, 15) is 18.0 Å². The Kier molecular flexibility index (Phi) is 8.64. The first-order valence-corrected chi connectivity index (χ1v) is 12.5. The summed E-state index contributed by atoms with van der Waals surface area (Å²) in [5.74, 6) is -0.747. The maximum absolute atomic E-state index is 13.4. The van der Waals surface area contributed by atoms with Crippen molar-refractivity contribution in [2.75, 3.05) is 24.2 Å². The summed E-state index contributed by atoms with van der Waals surface area (Å²) < 4.78 is 26.8. The molecule has 31 heavy (non-hydrogen) atoms. The molecule has 168 valence electrons. The lowest BCUT2D eigenvalue weighted by Crippen LogP contribution is -2.51. The van der Waals surface area contributed by atoms with E-state index in [0.29, 0.717) is 12.1 Å². The van der Waals surface area contributed by atoms with Gasteiger partial charge in [-0.1, -0.05) is 52.7 Å². The summed E-state index contributed by atoms with van der Waals surface area (Å²) in [6.07, 6.45) is 1.46. The van der Waals surface area contributed by atoms with Gasteiger partial charge in [-0.05, 0) is 43.2 Å². The van der Waals surface area contributed by atoms with Gasteiger partial charge in [-0.2, -0.15) is 0 Å². The quantitative estimate of drug-likeness (QED) is 0.562. The van der Waals surface area contributed by atoms with Crippen LogP contribution in [0.2, 0.25) is 0 Å². The number of aryl methyl sites for hydroxylation is 1. The van der Waals surface area contributed by atoms with Crippen molar-refractivity contribution < 1.29 is 18.0 Å². The van der Waals surface area contributed by atoms with Crippen molar-refractivity contribution in [2.24, 2.45) is 0 Å². The number of nitrogens with one attached hydrogen (secondary N) is 1. The second-order valence-corrected chi connectivity index (χ2v) is 10.1. The number of halogens is 1. The first kappa shape index (κ1) is 24.9. The topological polar surface area (TPSA) is 86.8 Å². The Bertz CT molecular complexity index is 1030. The van der Waals surface area contributed by atoms with Crippen LogP contribution in [-0.2, 0) is 26.2 Å². The van der Waals surface area contributed by atoms with Crippen LogP contribution >= 0.6 is 15.9 Å². The van der Waals surface area contributed by atoms with E-state index in [4.69, 9.17) is 0 Å². The van der Waals surface area contributed by atoms with Crippen molar-refractivity contribution in [3.63, 3.8) is 0 Å². The first-order valence-electron chi connectivity index (χ1n) is 9.86. The van der Waals surface area contributed by atoms with Crippen LogP contribution in [0.15, 0.2) is 53.0 Å². The summed E-state index contributed by atoms with van der Waals surface area (Å²) in [6, 6.07) is 13.6. The molecule has 0 bridgehead atoms. The lowest BCUT2D eigenvalue weighted by atomic mass is 10.1. The molecule has 0 aromatic heterocycles. The molecule has 0 saturated heterocycles. The lowest BCUT2D eigenvalue weighted by Gasteiger charge is -2.32. The Morgan fingerprint density at radius 3 is 2.29 bits per heavy atom. The number of rotatable bonds is 9. The number of carbonyl (C=O) groups excluding carboxylic acids is 2. The zero-order valence-corrected chi connectivity index (χ0v) is 20.5. The number of sulfonamides is 1. The van der Waals surface area contributed by atoms with Crippen LogP contribution in [-0.4, -0.2) is 51.0 Å². The second-order valence-electron chi connectivity index (χ2n) is 7.30. The number of likely N-dealkylation sites (N-methyl/N-ethyl adjacent to an activating group) is 1. The van der Waals surface area contributed by atoms with Crippen molar-refractivity contribution in [1.29, 1.82) is 0 Å². The molecule has 0 fully saturated rings. The van der Waals surface area contributed by atoms with Crippen molar-refractivity contribution >= 4 is 43.5 Å². The maximum atomic E-state index is 13.4. The Morgan fingerprint density at radius 1 is 1.13 bits per heavy atom. The summed E-state index contributed by atoms with van der Waals surface area (Å²) in [6.45, 7) is 3.56. The molecule has 9 heteroatoms. The average molecular weight is 510 g/mol. The maximum Gasteiger partial charge on any atom is 0.244 e. The Morgan fingerprint density at radius 2 is 1.77 bits per heavy atom. The van der Waals surface area contributed by atoms with Gasteiger partial charge < -0.3 is 10.2 Å². The Labute approximate surface area is 192 Å². The lowest BCUT2D eigenvalue weighted by molar-refractivity contribution is -0.140. The van der Waals surface area contributed by atoms with Crippen molar-refractivity contribution in [1.82, 2.24) is 10.2 Å². The molecule has 1 atom stereocenters. The molecule has 0 spiro atoms. The summed E-state index contributed by atoms with van der Waals surface area (Å²) in [5.41, 5.74) is 2.28. The van der Waals surface area contributed by atoms with Gasteiger partial charge in [0.15, 0.2) is 0 Å². The number of hydrogen-bond donors (Lipinski definition) is 1. The number of carbonyl (C=O) groups is 2. The van der Waals surface area contributed by atoms with Crippen molar-refractivity contribution in [3.8, 4) is 0 Å². The van der Waals surface area contributed by atoms with E-state index < -0.39 is 28.5 Å². The highest BCUT2D eigenvalue weighted by atomic mass is 79.9. The largest absolute Gasteiger partial charge is 0.357 e. The van der Waals surface area contributed by atoms with Crippen LogP contribution < -0.4 is 9.62 Å². The molecule has 2 aromatic rings. The summed E-state index contributed by atoms with van der Waals surface area (Å²) in [4.78, 5) is 27.3. The molecule has 0 saturated carbocycles. The van der Waals surface area contributed by atoms with Gasteiger partial charge in [-0.25, -0.2) is 8.42 Å². The van der Waals surface area contributed by atoms with Gasteiger partial charge in [0.05, 0.1) is 11.9 Å². The Hall–Kier alpha value is -2.39. The van der Waals surface area contributed by atoms with E-state index in [1.807, 2.05) is 38.1 Å². The molecule has 0 radical (unpaired) electrons. The highest BCUT2D eigenvalue weighted by Crippen LogP contribution is 2.22. The molecular formula is C22H28BrN3O4S. The van der Waals surface area contributed by atoms with Crippen LogP contribution in [0.4, 0.5) is 5.69 Å². The SMILES string of the molecule is CCC(C(=O)NC)N(Cc1cccc(C)c1)C(=O)CN(c1ccc(Br)cc1)S(C)(=O)=O. The average Bonchev–Trinajstić information content (AvgIpc) is 2.71. The summed E-state index contributed by atoms with van der Waals surface area (Å²) in [5, 5.41) is 2.60. The van der Waals surface area contributed by atoms with Gasteiger partial charge >= 0.3 is 0 Å². The van der Waals surface area contributed by atoms with Gasteiger partial charge in [0.2, 0.25) is 21.8 Å². The van der Waals surface area contributed by atoms with E-state index in [1.54, 1.807) is 24.3 Å². The second kappa shape index (κ2) is 10.8. The third-order valence-corrected chi connectivity index (χ3v) is 6.53. The Balaban J connectivity index is 2.41. The summed E-state index contributed by atoms with van der Waals surface area (Å²) in [7, 11) is -2.21. The fraction of sp³-hybridized carbons (Fsp3) is 0.364. The zero-order valence-electron chi connectivity index (χ0n) is 18.1. The molecular weight excluding hydrogens is 482 g/mol. The first-order chi connectivity index (χ1) is 14.6. The predicted molar refractivity (Wildman–Crippen MR) is 126 cm³/mol. The minimum Gasteiger partial charge on any atom is -0.357 e. The third kappa shape index (κ3) is 6.80. The van der Waals surface area contributed by atoms with Gasteiger partial charge in [0.1, 0.15) is 12.6 Å². The van der Waals surface area contributed by atoms with Crippen LogP contribution in [0.25, 0.3) is 0 Å². The molecule has 0 aliphatic carbocycles. The van der Waals surface area contributed by atoms with Crippen LogP contribution in [0.1, 0.15) is 24.5 Å². The fourth-order valence-electron chi connectivity index (χ4n) is 3.31. The highest BCUT2D eigenvalue weighted by molar-refractivity contribution is 9.10. The fourth-order valence-corrected chi connectivity index (χ4v) is 4.43. The van der Waals surface area contributed by atoms with Crippen LogP contribution in [0.3, 0.4) is 0 Å². The van der Waals surface area contributed by atoms with Crippen LogP contribution in [0, 0.1) is 6.92 Å². The smallest absolute Gasteiger partial charge is 0.244 e. The molecule has 1 N–H and O–H groups in total. The molecule has 2 aromatic carbocycles. The molecule has 7 nitrogen and oxygen atoms in total. The molecule has 2 rings (SSSR count). The van der Waals surface area contributed by atoms with E-state index in [-0.39, 0.29) is 12.5 Å². The molecule has 2 amide bonds. The minimum absolute atomic E-state index is 0.199. The van der Waals surface area contributed by atoms with Gasteiger partial charge in [-0.3, -0.25) is 13.9 Å². The minimum atomic E-state index is -3.73. The molecule has 1 unspecified atom stereocenters. The van der Waals surface area contributed by atoms with E-state index in [1.165, 1.54) is 11.9 Å². The van der Waals surface area contributed by atoms with E-state index in [0.717, 1.165) is 26.2 Å². The zero-order chi connectivity index (χ0) is 23.2. The van der Waals surface area contributed by atoms with Crippen molar-refractivity contribution in [3.05, 3.63) is 64.1 Å². The highest BCUT2D eigenvalue weighted by Gasteiger charge is 2.31. The predicted octanol–water partition coefficient (Wildman–Crippen LogP) is 3.08. The number of anilines is 1. The summed E-state index contributed by atoms with van der Waals surface area (Å²) >= 11 is 3.33. The van der Waals surface area contributed by atoms with E-state index >= 15 is 0 Å². The molecule has 0 heterocycles. The number of benzene rings is 2. The monoisotopic (exact) mass is 509 g/mol. The van der Waals surface area contributed by atoms with Crippen molar-refractivity contribution in [2.45, 2.75) is 32.9 Å². The number of amides is 2. The molecule has 0 aliphatic heterocycles. The third-order valence-electron chi connectivity index (χ3n) is 4.86. The van der Waals surface area contributed by atoms with Gasteiger partial charge in [0.25, 0.3) is 0 Å². The normalized spacial score (nSPS) is 12.2.